The van der Waals surface area contributed by atoms with Crippen LogP contribution >= 0.6 is 0 Å². The molecule has 0 radical (unpaired) electrons. The second-order valence-electron chi connectivity index (χ2n) is 2.43. The molecule has 1 rings (SSSR count). The summed E-state index contributed by atoms with van der Waals surface area (Å²) in [4.78, 5) is 0. The lowest BCUT2D eigenvalue weighted by atomic mass is 10.3. The van der Waals surface area contributed by atoms with E-state index < -0.39 is 22.5 Å². The molecule has 84 valence electrons. The number of hydrogen-bond donors (Lipinski definition) is 5. The van der Waals surface area contributed by atoms with Crippen molar-refractivity contribution in [3.8, 4) is 5.75 Å². The summed E-state index contributed by atoms with van der Waals surface area (Å²) in [5.41, 5.74) is 0.257. The number of phenols is 1. The van der Waals surface area contributed by atoms with Crippen molar-refractivity contribution in [3.05, 3.63) is 18.2 Å². The van der Waals surface area contributed by atoms with E-state index in [2.05, 4.69) is 9.44 Å². The molecule has 1 aromatic rings. The molecule has 1 aromatic carbocycles. The van der Waals surface area contributed by atoms with Gasteiger partial charge in [0.1, 0.15) is 5.75 Å². The lowest BCUT2D eigenvalue weighted by Gasteiger charge is -2.06. The van der Waals surface area contributed by atoms with Gasteiger partial charge in [-0.25, -0.2) is 8.42 Å². The topological polar surface area (TPSA) is 119 Å². The SMILES string of the molecule is O=S(O)Nc1ccc(NS(=O)O)c(O)c1. The van der Waals surface area contributed by atoms with Gasteiger partial charge in [0.15, 0.2) is 0 Å². The molecule has 0 spiro atoms. The van der Waals surface area contributed by atoms with Crippen LogP contribution in [0.4, 0.5) is 11.4 Å². The lowest BCUT2D eigenvalue weighted by Crippen LogP contribution is -2.04. The molecule has 0 aliphatic carbocycles. The van der Waals surface area contributed by atoms with E-state index >= 15 is 0 Å². The van der Waals surface area contributed by atoms with E-state index in [0.717, 1.165) is 6.07 Å². The number of rotatable bonds is 4. The number of nitrogens with one attached hydrogen (secondary N) is 2. The third kappa shape index (κ3) is 3.83. The van der Waals surface area contributed by atoms with Crippen LogP contribution in [0.15, 0.2) is 18.2 Å². The first kappa shape index (κ1) is 11.9. The van der Waals surface area contributed by atoms with Gasteiger partial charge in [0.05, 0.1) is 11.4 Å². The Kier molecular flexibility index (Phi) is 4.03. The molecule has 2 unspecified atom stereocenters. The van der Waals surface area contributed by atoms with E-state index in [1.807, 2.05) is 0 Å². The normalized spacial score (nSPS) is 14.3. The highest BCUT2D eigenvalue weighted by Crippen LogP contribution is 2.26. The van der Waals surface area contributed by atoms with Crippen LogP contribution in [0.1, 0.15) is 0 Å². The molecule has 0 saturated heterocycles. The van der Waals surface area contributed by atoms with Gasteiger partial charge in [-0.3, -0.25) is 18.5 Å². The highest BCUT2D eigenvalue weighted by molar-refractivity contribution is 7.80. The minimum absolute atomic E-state index is 0.0464. The fourth-order valence-corrected chi connectivity index (χ4v) is 1.57. The monoisotopic (exact) mass is 252 g/mol. The minimum atomic E-state index is -2.28. The van der Waals surface area contributed by atoms with Crippen LogP contribution in [0, 0.1) is 0 Å². The molecule has 2 atom stereocenters. The number of benzene rings is 1. The van der Waals surface area contributed by atoms with Crippen molar-refractivity contribution >= 4 is 33.9 Å². The van der Waals surface area contributed by atoms with Crippen LogP contribution < -0.4 is 9.44 Å². The minimum Gasteiger partial charge on any atom is -0.506 e. The first-order valence-electron chi connectivity index (χ1n) is 3.57. The summed E-state index contributed by atoms with van der Waals surface area (Å²) in [5, 5.41) is 9.32. The third-order valence-electron chi connectivity index (χ3n) is 1.40. The Bertz CT molecular complexity index is 411. The van der Waals surface area contributed by atoms with Crippen molar-refractivity contribution in [1.82, 2.24) is 0 Å². The molecule has 15 heavy (non-hydrogen) atoms. The van der Waals surface area contributed by atoms with Gasteiger partial charge in [-0.05, 0) is 12.1 Å². The van der Waals surface area contributed by atoms with Crippen molar-refractivity contribution in [1.29, 1.82) is 0 Å². The molecule has 0 aromatic heterocycles. The Morgan fingerprint density at radius 3 is 2.13 bits per heavy atom. The fraction of sp³-hybridized carbons (Fsp3) is 0. The first-order valence-corrected chi connectivity index (χ1v) is 5.78. The molecule has 0 bridgehead atoms. The van der Waals surface area contributed by atoms with Crippen molar-refractivity contribution in [2.24, 2.45) is 0 Å². The molecule has 9 heteroatoms. The standard InChI is InChI=1S/C6H8N2O5S2/c9-6-3-4(7-14(10)11)1-2-5(6)8-15(12)13/h1-3,7-9H,(H,10,11)(H,12,13). The van der Waals surface area contributed by atoms with E-state index in [0.29, 0.717) is 0 Å². The van der Waals surface area contributed by atoms with E-state index in [1.165, 1.54) is 12.1 Å². The Morgan fingerprint density at radius 2 is 1.67 bits per heavy atom. The Morgan fingerprint density at radius 1 is 1.07 bits per heavy atom. The Labute approximate surface area is 90.4 Å². The van der Waals surface area contributed by atoms with Gasteiger partial charge in [-0.15, -0.1) is 0 Å². The summed E-state index contributed by atoms with van der Waals surface area (Å²) in [5.74, 6) is -0.312. The Hall–Kier alpha value is -1.16. The molecular formula is C6H8N2O5S2. The molecule has 0 fully saturated rings. The van der Waals surface area contributed by atoms with E-state index in [1.54, 1.807) is 0 Å². The predicted octanol–water partition coefficient (Wildman–Crippen LogP) is 0.489. The second-order valence-corrected chi connectivity index (χ2v) is 3.84. The lowest BCUT2D eigenvalue weighted by molar-refractivity contribution is 0.478. The molecule has 0 heterocycles. The number of hydrogen-bond acceptors (Lipinski definition) is 3. The van der Waals surface area contributed by atoms with E-state index in [9.17, 15) is 13.5 Å². The summed E-state index contributed by atoms with van der Waals surface area (Å²) < 4.78 is 41.9. The van der Waals surface area contributed by atoms with Crippen molar-refractivity contribution in [2.45, 2.75) is 0 Å². The third-order valence-corrected chi connectivity index (χ3v) is 2.21. The summed E-state index contributed by atoms with van der Waals surface area (Å²) in [6, 6.07) is 3.80. The number of phenolic OH excluding ortho intramolecular Hbond substituents is 1. The molecule has 7 nitrogen and oxygen atoms in total. The quantitative estimate of drug-likeness (QED) is 0.394. The number of aromatic hydroxyl groups is 1. The van der Waals surface area contributed by atoms with Crippen LogP contribution in [0.5, 0.6) is 5.75 Å². The van der Waals surface area contributed by atoms with Gasteiger partial charge in [0.25, 0.3) is 22.5 Å². The van der Waals surface area contributed by atoms with Gasteiger partial charge in [-0.1, -0.05) is 0 Å². The maximum atomic E-state index is 10.4. The van der Waals surface area contributed by atoms with Gasteiger partial charge < -0.3 is 5.11 Å². The average molecular weight is 252 g/mol. The summed E-state index contributed by atoms with van der Waals surface area (Å²) in [6.07, 6.45) is 0. The maximum absolute atomic E-state index is 10.4. The molecule has 0 aliphatic heterocycles. The van der Waals surface area contributed by atoms with Crippen LogP contribution in [-0.2, 0) is 22.5 Å². The van der Waals surface area contributed by atoms with Gasteiger partial charge >= 0.3 is 0 Å². The summed E-state index contributed by atoms with van der Waals surface area (Å²) in [7, 11) is 0. The van der Waals surface area contributed by atoms with E-state index in [-0.39, 0.29) is 17.1 Å². The van der Waals surface area contributed by atoms with Crippen molar-refractivity contribution < 1.29 is 22.6 Å². The largest absolute Gasteiger partial charge is 0.506 e. The van der Waals surface area contributed by atoms with Crippen molar-refractivity contribution in [2.75, 3.05) is 9.44 Å². The number of anilines is 2. The predicted molar refractivity (Wildman–Crippen MR) is 56.9 cm³/mol. The highest BCUT2D eigenvalue weighted by atomic mass is 32.2. The Balaban J connectivity index is 2.87. The van der Waals surface area contributed by atoms with Crippen LogP contribution in [-0.4, -0.2) is 22.6 Å². The summed E-state index contributed by atoms with van der Waals surface area (Å²) in [6.45, 7) is 0. The average Bonchev–Trinajstić information content (AvgIpc) is 2.08. The molecular weight excluding hydrogens is 244 g/mol. The fourth-order valence-electron chi connectivity index (χ4n) is 0.876. The second kappa shape index (κ2) is 5.07. The van der Waals surface area contributed by atoms with Crippen LogP contribution in [0.3, 0.4) is 0 Å². The van der Waals surface area contributed by atoms with Crippen molar-refractivity contribution in [3.63, 3.8) is 0 Å². The zero-order valence-electron chi connectivity index (χ0n) is 7.21. The van der Waals surface area contributed by atoms with Crippen LogP contribution in [0.25, 0.3) is 0 Å². The summed E-state index contributed by atoms with van der Waals surface area (Å²) >= 11 is -4.52. The zero-order chi connectivity index (χ0) is 11.4. The molecule has 0 saturated carbocycles. The smallest absolute Gasteiger partial charge is 0.259 e. The van der Waals surface area contributed by atoms with Gasteiger partial charge in [0.2, 0.25) is 0 Å². The van der Waals surface area contributed by atoms with Crippen LogP contribution in [0.2, 0.25) is 0 Å². The molecule has 0 amide bonds. The maximum Gasteiger partial charge on any atom is 0.259 e. The highest BCUT2D eigenvalue weighted by Gasteiger charge is 2.05. The molecule has 5 N–H and O–H groups in total. The van der Waals surface area contributed by atoms with Gasteiger partial charge in [0, 0.05) is 6.07 Å². The van der Waals surface area contributed by atoms with Gasteiger partial charge in [-0.2, -0.15) is 0 Å². The van der Waals surface area contributed by atoms with E-state index in [4.69, 9.17) is 9.11 Å². The zero-order valence-corrected chi connectivity index (χ0v) is 8.84. The first-order chi connectivity index (χ1) is 6.99. The molecule has 0 aliphatic rings.